The number of hydrogen-bond donors (Lipinski definition) is 3. The van der Waals surface area contributed by atoms with Crippen LogP contribution in [0, 0.1) is 0 Å². The second-order valence-corrected chi connectivity index (χ2v) is 6.61. The average Bonchev–Trinajstić information content (AvgIpc) is 3.18. The van der Waals surface area contributed by atoms with Gasteiger partial charge < -0.3 is 20.4 Å². The Bertz CT molecular complexity index is 694. The molecule has 0 spiro atoms. The predicted octanol–water partition coefficient (Wildman–Crippen LogP) is 2.54. The Labute approximate surface area is 155 Å². The first-order valence-electron chi connectivity index (χ1n) is 8.92. The molecule has 0 bridgehead atoms. The average molecular weight is 356 g/mol. The van der Waals surface area contributed by atoms with Crippen LogP contribution in [0.3, 0.4) is 0 Å². The number of hydrogen-bond acceptors (Lipinski definition) is 3. The first kappa shape index (κ1) is 19.6. The van der Waals surface area contributed by atoms with Gasteiger partial charge in [0.15, 0.2) is 11.7 Å². The summed E-state index contributed by atoms with van der Waals surface area (Å²) in [6, 6.07) is 13.7. The van der Waals surface area contributed by atoms with Gasteiger partial charge in [-0.1, -0.05) is 44.2 Å². The van der Waals surface area contributed by atoms with Gasteiger partial charge in [-0.2, -0.15) is 0 Å². The van der Waals surface area contributed by atoms with Crippen molar-refractivity contribution in [1.82, 2.24) is 16.0 Å². The van der Waals surface area contributed by atoms with Gasteiger partial charge in [0.05, 0.1) is 12.8 Å². The van der Waals surface area contributed by atoms with Crippen LogP contribution in [-0.2, 0) is 5.41 Å². The Morgan fingerprint density at radius 2 is 1.77 bits per heavy atom. The molecule has 1 aromatic carbocycles. The predicted molar refractivity (Wildman–Crippen MR) is 104 cm³/mol. The summed E-state index contributed by atoms with van der Waals surface area (Å²) in [6.45, 7) is 8.87. The zero-order valence-corrected chi connectivity index (χ0v) is 15.7. The van der Waals surface area contributed by atoms with Gasteiger partial charge in [-0.05, 0) is 24.6 Å². The summed E-state index contributed by atoms with van der Waals surface area (Å²) in [7, 11) is 0. The maximum atomic E-state index is 11.8. The van der Waals surface area contributed by atoms with Gasteiger partial charge in [0.1, 0.15) is 0 Å². The Balaban J connectivity index is 1.83. The standard InChI is InChI=1S/C20H28N4O2/c1-4-21-19(23-13-12-22-18(25)17-11-8-14-26-17)24-15-20(2,3)16-9-6-5-7-10-16/h5-11,14H,4,12-13,15H2,1-3H3,(H,22,25)(H2,21,23,24). The van der Waals surface area contributed by atoms with Crippen LogP contribution >= 0.6 is 0 Å². The minimum atomic E-state index is -0.219. The van der Waals surface area contributed by atoms with Crippen LogP contribution in [0.2, 0.25) is 0 Å². The van der Waals surface area contributed by atoms with E-state index in [0.29, 0.717) is 25.4 Å². The molecule has 0 radical (unpaired) electrons. The molecular formula is C20H28N4O2. The fourth-order valence-corrected chi connectivity index (χ4v) is 2.45. The minimum absolute atomic E-state index is 0.0584. The van der Waals surface area contributed by atoms with Crippen molar-refractivity contribution in [2.24, 2.45) is 4.99 Å². The molecule has 0 unspecified atom stereocenters. The normalized spacial score (nSPS) is 11.9. The fourth-order valence-electron chi connectivity index (χ4n) is 2.45. The molecule has 1 amide bonds. The lowest BCUT2D eigenvalue weighted by atomic mass is 9.85. The topological polar surface area (TPSA) is 78.7 Å². The zero-order valence-electron chi connectivity index (χ0n) is 15.7. The summed E-state index contributed by atoms with van der Waals surface area (Å²) in [6.07, 6.45) is 1.48. The highest BCUT2D eigenvalue weighted by atomic mass is 16.3. The summed E-state index contributed by atoms with van der Waals surface area (Å²) in [5.74, 6) is 0.836. The molecular weight excluding hydrogens is 328 g/mol. The summed E-state index contributed by atoms with van der Waals surface area (Å²) >= 11 is 0. The van der Waals surface area contributed by atoms with Crippen molar-refractivity contribution >= 4 is 11.9 Å². The molecule has 6 heteroatoms. The Hall–Kier alpha value is -2.76. The highest BCUT2D eigenvalue weighted by molar-refractivity contribution is 5.91. The SMILES string of the molecule is CCNC(=NCC(C)(C)c1ccccc1)NCCNC(=O)c1ccco1. The van der Waals surface area contributed by atoms with Gasteiger partial charge in [0, 0.05) is 25.0 Å². The number of carbonyl (C=O) groups excluding carboxylic acids is 1. The number of furan rings is 1. The van der Waals surface area contributed by atoms with E-state index in [9.17, 15) is 4.79 Å². The molecule has 0 saturated heterocycles. The molecule has 26 heavy (non-hydrogen) atoms. The molecule has 0 aliphatic heterocycles. The van der Waals surface area contributed by atoms with Crippen LogP contribution in [0.25, 0.3) is 0 Å². The second-order valence-electron chi connectivity index (χ2n) is 6.61. The Kier molecular flexibility index (Phi) is 7.26. The lowest BCUT2D eigenvalue weighted by molar-refractivity contribution is 0.0926. The van der Waals surface area contributed by atoms with E-state index in [0.717, 1.165) is 12.5 Å². The highest BCUT2D eigenvalue weighted by Crippen LogP contribution is 2.22. The van der Waals surface area contributed by atoms with Crippen LogP contribution in [0.5, 0.6) is 0 Å². The molecule has 2 aromatic rings. The first-order valence-corrected chi connectivity index (χ1v) is 8.92. The molecule has 1 aromatic heterocycles. The summed E-state index contributed by atoms with van der Waals surface area (Å²) in [5.41, 5.74) is 1.20. The van der Waals surface area contributed by atoms with Crippen molar-refractivity contribution in [2.75, 3.05) is 26.2 Å². The van der Waals surface area contributed by atoms with Crippen molar-refractivity contribution < 1.29 is 9.21 Å². The van der Waals surface area contributed by atoms with Gasteiger partial charge in [0.2, 0.25) is 0 Å². The number of carbonyl (C=O) groups is 1. The molecule has 1 heterocycles. The molecule has 0 aliphatic rings. The van der Waals surface area contributed by atoms with E-state index in [1.807, 2.05) is 25.1 Å². The van der Waals surface area contributed by atoms with Crippen molar-refractivity contribution in [3.8, 4) is 0 Å². The van der Waals surface area contributed by atoms with Crippen molar-refractivity contribution in [3.63, 3.8) is 0 Å². The third-order valence-electron chi connectivity index (χ3n) is 3.98. The lowest BCUT2D eigenvalue weighted by Crippen LogP contribution is -2.42. The number of nitrogens with zero attached hydrogens (tertiary/aromatic N) is 1. The van der Waals surface area contributed by atoms with Gasteiger partial charge in [-0.3, -0.25) is 9.79 Å². The van der Waals surface area contributed by atoms with E-state index in [2.05, 4.69) is 41.9 Å². The van der Waals surface area contributed by atoms with Gasteiger partial charge >= 0.3 is 0 Å². The van der Waals surface area contributed by atoms with E-state index in [4.69, 9.17) is 9.41 Å². The third-order valence-corrected chi connectivity index (χ3v) is 3.98. The minimum Gasteiger partial charge on any atom is -0.459 e. The molecule has 6 nitrogen and oxygen atoms in total. The monoisotopic (exact) mass is 356 g/mol. The van der Waals surface area contributed by atoms with E-state index >= 15 is 0 Å². The van der Waals surface area contributed by atoms with Crippen LogP contribution < -0.4 is 16.0 Å². The zero-order chi connectivity index (χ0) is 18.8. The van der Waals surface area contributed by atoms with Gasteiger partial charge in [0.25, 0.3) is 5.91 Å². The number of nitrogens with one attached hydrogen (secondary N) is 3. The molecule has 3 N–H and O–H groups in total. The van der Waals surface area contributed by atoms with Crippen LogP contribution in [0.1, 0.15) is 36.9 Å². The second kappa shape index (κ2) is 9.65. The fraction of sp³-hybridized carbons (Fsp3) is 0.400. The van der Waals surface area contributed by atoms with Crippen LogP contribution in [0.4, 0.5) is 0 Å². The Morgan fingerprint density at radius 1 is 1.04 bits per heavy atom. The quantitative estimate of drug-likeness (QED) is 0.386. The Morgan fingerprint density at radius 3 is 2.42 bits per heavy atom. The van der Waals surface area contributed by atoms with Crippen molar-refractivity contribution in [2.45, 2.75) is 26.2 Å². The summed E-state index contributed by atoms with van der Waals surface area (Å²) in [5, 5.41) is 9.27. The van der Waals surface area contributed by atoms with Crippen LogP contribution in [-0.4, -0.2) is 38.0 Å². The first-order chi connectivity index (χ1) is 12.5. The molecule has 0 atom stereocenters. The van der Waals surface area contributed by atoms with E-state index in [1.165, 1.54) is 11.8 Å². The van der Waals surface area contributed by atoms with E-state index in [1.54, 1.807) is 12.1 Å². The maximum absolute atomic E-state index is 11.8. The van der Waals surface area contributed by atoms with Crippen molar-refractivity contribution in [3.05, 3.63) is 60.1 Å². The van der Waals surface area contributed by atoms with E-state index < -0.39 is 0 Å². The highest BCUT2D eigenvalue weighted by Gasteiger charge is 2.20. The third kappa shape index (κ3) is 5.95. The summed E-state index contributed by atoms with van der Waals surface area (Å²) in [4.78, 5) is 16.5. The number of rotatable bonds is 8. The largest absolute Gasteiger partial charge is 0.459 e. The molecule has 140 valence electrons. The number of amides is 1. The molecule has 0 fully saturated rings. The molecule has 2 rings (SSSR count). The number of benzene rings is 1. The number of aliphatic imine (C=N–C) groups is 1. The molecule has 0 saturated carbocycles. The van der Waals surface area contributed by atoms with Gasteiger partial charge in [-0.15, -0.1) is 0 Å². The van der Waals surface area contributed by atoms with Crippen molar-refractivity contribution in [1.29, 1.82) is 0 Å². The smallest absolute Gasteiger partial charge is 0.287 e. The number of guanidine groups is 1. The van der Waals surface area contributed by atoms with E-state index in [-0.39, 0.29) is 11.3 Å². The summed E-state index contributed by atoms with van der Waals surface area (Å²) < 4.78 is 5.06. The lowest BCUT2D eigenvalue weighted by Gasteiger charge is -2.24. The maximum Gasteiger partial charge on any atom is 0.287 e. The molecule has 0 aliphatic carbocycles. The van der Waals surface area contributed by atoms with Crippen LogP contribution in [0.15, 0.2) is 58.1 Å². The van der Waals surface area contributed by atoms with Gasteiger partial charge in [-0.25, -0.2) is 0 Å².